The fourth-order valence-electron chi connectivity index (χ4n) is 7.85. The van der Waals surface area contributed by atoms with Crippen LogP contribution >= 0.6 is 0 Å². The zero-order chi connectivity index (χ0) is 40.1. The highest BCUT2D eigenvalue weighted by atomic mass is 19.4. The molecular weight excluding hydrogens is 714 g/mol. The molecule has 1 aromatic heterocycles. The van der Waals surface area contributed by atoms with E-state index in [1.165, 1.54) is 12.5 Å². The molecule has 0 aliphatic carbocycles. The number of hydrogen-bond acceptors (Lipinski definition) is 5. The maximum absolute atomic E-state index is 14.8. The summed E-state index contributed by atoms with van der Waals surface area (Å²) in [6.45, 7) is 11.9. The van der Waals surface area contributed by atoms with E-state index in [9.17, 15) is 22.8 Å². The lowest BCUT2D eigenvalue weighted by Gasteiger charge is -2.19. The van der Waals surface area contributed by atoms with Crippen LogP contribution in [0, 0.1) is 19.8 Å². The molecular formula is C47H49F3N2O4. The molecule has 6 aromatic rings. The van der Waals surface area contributed by atoms with Gasteiger partial charge in [0.2, 0.25) is 0 Å². The van der Waals surface area contributed by atoms with Crippen LogP contribution in [-0.4, -0.2) is 34.8 Å². The summed E-state index contributed by atoms with van der Waals surface area (Å²) >= 11 is 0. The normalized spacial score (nSPS) is 12.8. The minimum Gasteiger partial charge on any atom is -0.493 e. The third-order valence-electron chi connectivity index (χ3n) is 10.6. The molecule has 0 aliphatic heterocycles. The summed E-state index contributed by atoms with van der Waals surface area (Å²) in [5.74, 6) is -0.113. The van der Waals surface area contributed by atoms with E-state index in [0.29, 0.717) is 28.2 Å². The van der Waals surface area contributed by atoms with Crippen LogP contribution in [0.2, 0.25) is 0 Å². The van der Waals surface area contributed by atoms with Gasteiger partial charge in [-0.2, -0.15) is 13.2 Å². The Hall–Kier alpha value is -5.44. The highest BCUT2D eigenvalue weighted by molar-refractivity contribution is 6.27. The largest absolute Gasteiger partial charge is 0.493 e. The number of para-hydroxylation sites is 1. The summed E-state index contributed by atoms with van der Waals surface area (Å²) in [6, 6.07) is 26.8. The molecule has 6 rings (SSSR count). The first-order valence-corrected chi connectivity index (χ1v) is 19.5. The van der Waals surface area contributed by atoms with Crippen molar-refractivity contribution in [3.63, 3.8) is 0 Å². The minimum atomic E-state index is -4.39. The van der Waals surface area contributed by atoms with E-state index < -0.39 is 25.2 Å². The zero-order valence-corrected chi connectivity index (χ0v) is 33.0. The number of nitrogens with zero attached hydrogens (tertiary/aromatic N) is 2. The molecule has 0 saturated carbocycles. The number of oxime groups is 1. The zero-order valence-electron chi connectivity index (χ0n) is 33.0. The molecule has 1 unspecified atom stereocenters. The van der Waals surface area contributed by atoms with E-state index in [2.05, 4.69) is 48.7 Å². The van der Waals surface area contributed by atoms with E-state index >= 15 is 0 Å². The number of benzene rings is 5. The second-order valence-corrected chi connectivity index (χ2v) is 14.6. The second kappa shape index (κ2) is 17.1. The topological polar surface area (TPSA) is 69.9 Å². The van der Waals surface area contributed by atoms with E-state index in [4.69, 9.17) is 9.57 Å². The Bertz CT molecular complexity index is 2420. The van der Waals surface area contributed by atoms with Gasteiger partial charge in [-0.15, -0.1) is 0 Å². The van der Waals surface area contributed by atoms with Crippen LogP contribution in [0.1, 0.15) is 104 Å². The number of halogens is 3. The van der Waals surface area contributed by atoms with Gasteiger partial charge in [0, 0.05) is 57.4 Å². The SMILES string of the molecule is CCCCC(CC)Cn1c2ccc(/C(=N\OC(C)=O)c3ccccc3OCCC(F)(F)F)cc2c2cc(C(=O)c3c(C)cc(CC)cc3C)c3ccccc3c21. The van der Waals surface area contributed by atoms with Gasteiger partial charge in [0.1, 0.15) is 11.5 Å². The maximum atomic E-state index is 14.8. The van der Waals surface area contributed by atoms with E-state index in [-0.39, 0.29) is 17.2 Å². The highest BCUT2D eigenvalue weighted by Crippen LogP contribution is 2.40. The van der Waals surface area contributed by atoms with Gasteiger partial charge in [-0.25, -0.2) is 4.79 Å². The lowest BCUT2D eigenvalue weighted by Crippen LogP contribution is -2.15. The lowest BCUT2D eigenvalue weighted by molar-refractivity contribution is -0.141. The molecule has 0 spiro atoms. The molecule has 0 amide bonds. The maximum Gasteiger partial charge on any atom is 0.392 e. The molecule has 1 atom stereocenters. The van der Waals surface area contributed by atoms with Gasteiger partial charge in [0.25, 0.3) is 0 Å². The van der Waals surface area contributed by atoms with Crippen LogP contribution < -0.4 is 4.74 Å². The number of alkyl halides is 3. The van der Waals surface area contributed by atoms with Crippen LogP contribution in [0.15, 0.2) is 90.1 Å². The smallest absolute Gasteiger partial charge is 0.392 e. The Balaban J connectivity index is 1.62. The van der Waals surface area contributed by atoms with Crippen LogP contribution in [0.3, 0.4) is 0 Å². The van der Waals surface area contributed by atoms with Gasteiger partial charge in [-0.1, -0.05) is 99.8 Å². The molecule has 0 bridgehead atoms. The Morgan fingerprint density at radius 3 is 2.18 bits per heavy atom. The predicted molar refractivity (Wildman–Crippen MR) is 219 cm³/mol. The monoisotopic (exact) mass is 762 g/mol. The number of ether oxygens (including phenoxy) is 1. The van der Waals surface area contributed by atoms with Crippen molar-refractivity contribution in [1.29, 1.82) is 0 Å². The molecule has 0 aliphatic rings. The van der Waals surface area contributed by atoms with Crippen LogP contribution in [0.5, 0.6) is 5.75 Å². The van der Waals surface area contributed by atoms with E-state index in [0.717, 1.165) is 82.4 Å². The number of carbonyl (C=O) groups is 2. The fraction of sp³-hybridized carbons (Fsp3) is 0.340. The summed E-state index contributed by atoms with van der Waals surface area (Å²) in [5.41, 5.74) is 7.48. The van der Waals surface area contributed by atoms with Crippen molar-refractivity contribution >= 4 is 50.0 Å². The van der Waals surface area contributed by atoms with Crippen LogP contribution in [-0.2, 0) is 22.6 Å². The number of carbonyl (C=O) groups excluding carboxylic acids is 2. The van der Waals surface area contributed by atoms with Crippen molar-refractivity contribution in [1.82, 2.24) is 4.57 Å². The molecule has 292 valence electrons. The molecule has 0 radical (unpaired) electrons. The Kier molecular flexibility index (Phi) is 12.3. The third-order valence-corrected chi connectivity index (χ3v) is 10.6. The van der Waals surface area contributed by atoms with Crippen molar-refractivity contribution in [2.45, 2.75) is 92.8 Å². The Morgan fingerprint density at radius 2 is 1.52 bits per heavy atom. The van der Waals surface area contributed by atoms with E-state index in [1.807, 2.05) is 56.3 Å². The quantitative estimate of drug-likeness (QED) is 0.0452. The van der Waals surface area contributed by atoms with Crippen LogP contribution in [0.25, 0.3) is 32.6 Å². The number of unbranched alkanes of at least 4 members (excludes halogenated alkanes) is 1. The number of aryl methyl sites for hydroxylation is 3. The Labute approximate surface area is 326 Å². The van der Waals surface area contributed by atoms with Crippen molar-refractivity contribution in [3.8, 4) is 5.75 Å². The summed E-state index contributed by atoms with van der Waals surface area (Å²) in [6.07, 6.45) is -0.340. The standard InChI is InChI=1S/C47H49F3N2O4/c1-7-10-15-32(8-2)28-52-41-21-20-34(44(51-56-31(6)53)37-18-13-14-19-42(37)55-23-22-47(48,49)50)26-38(41)39-27-40(35-16-11-12-17-36(35)45(39)52)46(54)43-29(4)24-33(9-3)25-30(43)5/h11-14,16-21,24-27,32H,7-10,15,22-23,28H2,1-6H3/b51-44+. The average molecular weight is 763 g/mol. The van der Waals surface area contributed by atoms with Gasteiger partial charge in [-0.05, 0) is 85.0 Å². The van der Waals surface area contributed by atoms with Crippen molar-refractivity contribution in [3.05, 3.63) is 124 Å². The molecule has 56 heavy (non-hydrogen) atoms. The van der Waals surface area contributed by atoms with Crippen molar-refractivity contribution in [2.24, 2.45) is 11.1 Å². The second-order valence-electron chi connectivity index (χ2n) is 14.6. The minimum absolute atomic E-state index is 0.0470. The molecule has 6 nitrogen and oxygen atoms in total. The highest BCUT2D eigenvalue weighted by Gasteiger charge is 2.28. The number of hydrogen-bond donors (Lipinski definition) is 0. The molecule has 1 heterocycles. The molecule has 5 aromatic carbocycles. The summed E-state index contributed by atoms with van der Waals surface area (Å²) in [5, 5.41) is 7.83. The molecule has 0 fully saturated rings. The number of rotatable bonds is 15. The molecule has 0 saturated heterocycles. The first-order valence-electron chi connectivity index (χ1n) is 19.5. The van der Waals surface area contributed by atoms with E-state index in [1.54, 1.807) is 24.3 Å². The summed E-state index contributed by atoms with van der Waals surface area (Å²) < 4.78 is 47.3. The predicted octanol–water partition coefficient (Wildman–Crippen LogP) is 12.2. The van der Waals surface area contributed by atoms with Gasteiger partial charge in [0.05, 0.1) is 18.5 Å². The Morgan fingerprint density at radius 1 is 0.821 bits per heavy atom. The first kappa shape index (κ1) is 40.2. The summed E-state index contributed by atoms with van der Waals surface area (Å²) in [4.78, 5) is 32.0. The molecule has 9 heteroatoms. The fourth-order valence-corrected chi connectivity index (χ4v) is 7.85. The van der Waals surface area contributed by atoms with Gasteiger partial charge < -0.3 is 14.1 Å². The summed E-state index contributed by atoms with van der Waals surface area (Å²) in [7, 11) is 0. The van der Waals surface area contributed by atoms with Crippen molar-refractivity contribution in [2.75, 3.05) is 6.61 Å². The first-order chi connectivity index (χ1) is 26.8. The number of ketones is 1. The number of aromatic nitrogens is 1. The third kappa shape index (κ3) is 8.52. The van der Waals surface area contributed by atoms with Gasteiger partial charge in [0.15, 0.2) is 5.78 Å². The van der Waals surface area contributed by atoms with Gasteiger partial charge >= 0.3 is 12.1 Å². The average Bonchev–Trinajstić information content (AvgIpc) is 3.48. The number of fused-ring (bicyclic) bond motifs is 5. The lowest BCUT2D eigenvalue weighted by atomic mass is 9.89. The molecule has 0 N–H and O–H groups in total. The van der Waals surface area contributed by atoms with Crippen LogP contribution in [0.4, 0.5) is 13.2 Å². The van der Waals surface area contributed by atoms with Gasteiger partial charge in [-0.3, -0.25) is 4.79 Å². The van der Waals surface area contributed by atoms with Crippen molar-refractivity contribution < 1.29 is 32.3 Å².